The zero-order chi connectivity index (χ0) is 10.3. The molecule has 0 radical (unpaired) electrons. The van der Waals surface area contributed by atoms with Crippen molar-refractivity contribution in [2.75, 3.05) is 6.54 Å². The van der Waals surface area contributed by atoms with Crippen LogP contribution in [0, 0.1) is 0 Å². The molecule has 8 heteroatoms. The van der Waals surface area contributed by atoms with Gasteiger partial charge in [0.2, 0.25) is 0 Å². The topological polar surface area (TPSA) is 28.0 Å². The van der Waals surface area contributed by atoms with Crippen molar-refractivity contribution in [1.82, 2.24) is 5.01 Å². The minimum Gasteiger partial charge on any atom is -0.236 e. The molecule has 0 saturated heterocycles. The molecule has 2 aliphatic heterocycles. The maximum absolute atomic E-state index is 12.2. The van der Waals surface area contributed by atoms with E-state index in [0.29, 0.717) is 3.95 Å². The third-order valence-corrected chi connectivity index (χ3v) is 2.94. The molecule has 0 fully saturated rings. The molecule has 0 aromatic heterocycles. The van der Waals surface area contributed by atoms with Gasteiger partial charge in [-0.3, -0.25) is 0 Å². The Balaban J connectivity index is 2.24. The van der Waals surface area contributed by atoms with Crippen molar-refractivity contribution >= 4 is 36.8 Å². The molecule has 0 atom stereocenters. The van der Waals surface area contributed by atoms with Crippen molar-refractivity contribution in [3.63, 3.8) is 0 Å². The van der Waals surface area contributed by atoms with Crippen LogP contribution < -0.4 is 0 Å². The van der Waals surface area contributed by atoms with Crippen molar-refractivity contribution in [3.8, 4) is 0 Å². The number of halogens is 4. The van der Waals surface area contributed by atoms with Crippen LogP contribution in [0.1, 0.15) is 0 Å². The van der Waals surface area contributed by atoms with Gasteiger partial charge in [-0.05, 0) is 33.8 Å². The summed E-state index contributed by atoms with van der Waals surface area (Å²) in [6, 6.07) is 0. The van der Waals surface area contributed by atoms with Crippen LogP contribution in [0.25, 0.3) is 0 Å². The Morgan fingerprint density at radius 3 is 2.86 bits per heavy atom. The number of allylic oxidation sites excluding steroid dienone is 1. The zero-order valence-electron chi connectivity index (χ0n) is 6.55. The lowest BCUT2D eigenvalue weighted by Gasteiger charge is -2.18. The number of thioether (sulfide) groups is 1. The van der Waals surface area contributed by atoms with Crippen LogP contribution >= 0.6 is 27.7 Å². The second-order valence-electron chi connectivity index (χ2n) is 2.52. The normalized spacial score (nSPS) is 21.4. The summed E-state index contributed by atoms with van der Waals surface area (Å²) in [4.78, 5) is 3.46. The van der Waals surface area contributed by atoms with E-state index in [9.17, 15) is 13.2 Å². The predicted molar refractivity (Wildman–Crippen MR) is 52.2 cm³/mol. The summed E-state index contributed by atoms with van der Waals surface area (Å²) in [6.45, 7) is 0.107. The number of nitrogens with zero attached hydrogens (tertiary/aromatic N) is 3. The summed E-state index contributed by atoms with van der Waals surface area (Å²) in [5, 5.41) is 5.58. The van der Waals surface area contributed by atoms with Crippen LogP contribution in [-0.2, 0) is 0 Å². The highest BCUT2D eigenvalue weighted by atomic mass is 79.9. The molecule has 14 heavy (non-hydrogen) atoms. The van der Waals surface area contributed by atoms with E-state index in [0.717, 1.165) is 17.8 Å². The number of amidine groups is 1. The largest absolute Gasteiger partial charge is 0.433 e. The fourth-order valence-electron chi connectivity index (χ4n) is 0.986. The van der Waals surface area contributed by atoms with E-state index in [1.54, 1.807) is 0 Å². The molecular weight excluding hydrogens is 283 g/mol. The van der Waals surface area contributed by atoms with Gasteiger partial charge in [-0.25, -0.2) is 10.0 Å². The summed E-state index contributed by atoms with van der Waals surface area (Å²) in [7, 11) is 0. The molecule has 0 unspecified atom stereocenters. The van der Waals surface area contributed by atoms with E-state index >= 15 is 0 Å². The third kappa shape index (κ3) is 1.81. The number of hydrogen-bond donors (Lipinski definition) is 0. The molecule has 0 aliphatic carbocycles. The first-order valence-electron chi connectivity index (χ1n) is 3.52. The van der Waals surface area contributed by atoms with Crippen molar-refractivity contribution in [2.24, 2.45) is 10.1 Å². The van der Waals surface area contributed by atoms with Gasteiger partial charge < -0.3 is 0 Å². The average molecular weight is 286 g/mol. The van der Waals surface area contributed by atoms with Gasteiger partial charge in [0.1, 0.15) is 5.70 Å². The molecule has 76 valence electrons. The van der Waals surface area contributed by atoms with E-state index in [1.165, 1.54) is 5.01 Å². The fraction of sp³-hybridized carbons (Fsp3) is 0.333. The molecule has 2 rings (SSSR count). The van der Waals surface area contributed by atoms with Crippen molar-refractivity contribution in [1.29, 1.82) is 0 Å². The van der Waals surface area contributed by atoms with Crippen LogP contribution in [0.15, 0.2) is 21.9 Å². The summed E-state index contributed by atoms with van der Waals surface area (Å²) in [5.74, 6) is 0. The lowest BCUT2D eigenvalue weighted by atomic mass is 10.3. The number of alkyl halides is 3. The van der Waals surface area contributed by atoms with Crippen molar-refractivity contribution in [2.45, 2.75) is 6.18 Å². The minimum atomic E-state index is -4.38. The van der Waals surface area contributed by atoms with Gasteiger partial charge in [0.25, 0.3) is 0 Å². The molecular formula is C6H3BrF3N3S. The number of fused-ring (bicyclic) bond motifs is 1. The van der Waals surface area contributed by atoms with Gasteiger partial charge in [-0.15, -0.1) is 0 Å². The van der Waals surface area contributed by atoms with Crippen LogP contribution in [0.5, 0.6) is 0 Å². The summed E-state index contributed by atoms with van der Waals surface area (Å²) in [5.41, 5.74) is -0.853. The zero-order valence-corrected chi connectivity index (χ0v) is 8.95. The molecule has 0 bridgehead atoms. The molecule has 0 aromatic carbocycles. The Morgan fingerprint density at radius 1 is 1.50 bits per heavy atom. The first-order chi connectivity index (χ1) is 6.47. The summed E-state index contributed by atoms with van der Waals surface area (Å²) >= 11 is 4.16. The van der Waals surface area contributed by atoms with E-state index in [-0.39, 0.29) is 11.7 Å². The number of rotatable bonds is 0. The Hall–Kier alpha value is -0.500. The van der Waals surface area contributed by atoms with Gasteiger partial charge in [-0.2, -0.15) is 18.3 Å². The lowest BCUT2D eigenvalue weighted by molar-refractivity contribution is -0.0929. The van der Waals surface area contributed by atoms with Gasteiger partial charge in [0.15, 0.2) is 9.12 Å². The van der Waals surface area contributed by atoms with Crippen LogP contribution in [0.4, 0.5) is 13.2 Å². The van der Waals surface area contributed by atoms with Crippen LogP contribution in [0.2, 0.25) is 0 Å². The van der Waals surface area contributed by atoms with E-state index in [1.807, 2.05) is 0 Å². The monoisotopic (exact) mass is 285 g/mol. The quantitative estimate of drug-likeness (QED) is 0.684. The number of aliphatic imine (C=N–C) groups is 1. The Labute approximate surface area is 89.9 Å². The SMILES string of the molecule is FC(F)(F)C1=CCN2N=C(Br)SC2=N1. The van der Waals surface area contributed by atoms with Crippen molar-refractivity contribution < 1.29 is 13.2 Å². The molecule has 2 heterocycles. The van der Waals surface area contributed by atoms with Gasteiger partial charge in [0.05, 0.1) is 6.54 Å². The lowest BCUT2D eigenvalue weighted by Crippen LogP contribution is -2.26. The predicted octanol–water partition coefficient (Wildman–Crippen LogP) is 2.52. The van der Waals surface area contributed by atoms with Crippen LogP contribution in [-0.4, -0.2) is 26.9 Å². The maximum atomic E-state index is 12.2. The Kier molecular flexibility index (Phi) is 2.34. The first-order valence-corrected chi connectivity index (χ1v) is 5.13. The maximum Gasteiger partial charge on any atom is 0.433 e. The molecule has 0 spiro atoms. The number of hydrogen-bond acceptors (Lipinski definition) is 4. The molecule has 0 aromatic rings. The molecule has 2 aliphatic rings. The molecule has 0 N–H and O–H groups in total. The standard InChI is InChI=1S/C6H3BrF3N3S/c7-4-12-13-2-1-3(6(8,9)10)11-5(13)14-4/h1H,2H2. The third-order valence-electron chi connectivity index (χ3n) is 1.56. The van der Waals surface area contributed by atoms with Crippen molar-refractivity contribution in [3.05, 3.63) is 11.8 Å². The molecule has 3 nitrogen and oxygen atoms in total. The minimum absolute atomic E-state index is 0.107. The van der Waals surface area contributed by atoms with Gasteiger partial charge >= 0.3 is 6.18 Å². The highest BCUT2D eigenvalue weighted by molar-refractivity contribution is 9.22. The summed E-state index contributed by atoms with van der Waals surface area (Å²) in [6.07, 6.45) is -3.37. The molecule has 0 amide bonds. The summed E-state index contributed by atoms with van der Waals surface area (Å²) < 4.78 is 37.3. The van der Waals surface area contributed by atoms with E-state index < -0.39 is 11.9 Å². The van der Waals surface area contributed by atoms with E-state index in [4.69, 9.17) is 0 Å². The first kappa shape index (κ1) is 10.0. The van der Waals surface area contributed by atoms with Gasteiger partial charge in [0, 0.05) is 0 Å². The highest BCUT2D eigenvalue weighted by Gasteiger charge is 2.37. The second-order valence-corrected chi connectivity index (χ2v) is 4.75. The smallest absolute Gasteiger partial charge is 0.236 e. The van der Waals surface area contributed by atoms with Crippen LogP contribution in [0.3, 0.4) is 0 Å². The second kappa shape index (κ2) is 3.27. The van der Waals surface area contributed by atoms with E-state index in [2.05, 4.69) is 26.0 Å². The Morgan fingerprint density at radius 2 is 2.21 bits per heavy atom. The fourth-order valence-corrected chi connectivity index (χ4v) is 2.27. The van der Waals surface area contributed by atoms with Gasteiger partial charge in [-0.1, -0.05) is 0 Å². The number of hydrazone groups is 1. The molecule has 0 saturated carbocycles. The Bertz CT molecular complexity index is 360. The highest BCUT2D eigenvalue weighted by Crippen LogP contribution is 2.33. The average Bonchev–Trinajstić information content (AvgIpc) is 2.41.